The lowest BCUT2D eigenvalue weighted by atomic mass is 9.81. The van der Waals surface area contributed by atoms with E-state index in [0.29, 0.717) is 0 Å². The summed E-state index contributed by atoms with van der Waals surface area (Å²) in [5, 5.41) is 3.73. The Bertz CT molecular complexity index is 1350. The smallest absolute Gasteiger partial charge is 0.0423 e. The highest BCUT2D eigenvalue weighted by molar-refractivity contribution is 5.84. The first kappa shape index (κ1) is 19.2. The van der Waals surface area contributed by atoms with E-state index < -0.39 is 5.89 Å². The topological polar surface area (TPSA) is 12.0 Å². The molecule has 0 amide bonds. The average molecular weight is 431 g/mol. The number of fused-ring (bicyclic) bond motifs is 3. The number of rotatable bonds is 4. The molecule has 6 rings (SSSR count). The summed E-state index contributed by atoms with van der Waals surface area (Å²) in [6.45, 7) is 4.64. The molecule has 0 atom stereocenters. The van der Waals surface area contributed by atoms with Gasteiger partial charge in [0.05, 0.1) is 0 Å². The first-order valence-electron chi connectivity index (χ1n) is 12.7. The van der Waals surface area contributed by atoms with Crippen LogP contribution in [0.1, 0.15) is 63.5 Å². The fourth-order valence-corrected chi connectivity index (χ4v) is 5.75. The second-order valence-corrected chi connectivity index (χ2v) is 9.99. The van der Waals surface area contributed by atoms with Crippen molar-refractivity contribution in [1.82, 2.24) is 0 Å². The minimum Gasteiger partial charge on any atom is -0.355 e. The zero-order valence-electron chi connectivity index (χ0n) is 20.5. The van der Waals surface area contributed by atoms with Gasteiger partial charge in [0.25, 0.3) is 0 Å². The second kappa shape index (κ2) is 7.92. The largest absolute Gasteiger partial charge is 0.355 e. The molecule has 1 N–H and O–H groups in total. The van der Waals surface area contributed by atoms with Crippen LogP contribution in [-0.2, 0) is 5.41 Å². The Morgan fingerprint density at radius 2 is 1.39 bits per heavy atom. The van der Waals surface area contributed by atoms with Crippen LogP contribution in [0, 0.1) is 0 Å². The van der Waals surface area contributed by atoms with Crippen molar-refractivity contribution in [3.63, 3.8) is 0 Å². The van der Waals surface area contributed by atoms with E-state index in [4.69, 9.17) is 0 Å². The van der Waals surface area contributed by atoms with Gasteiger partial charge in [-0.15, -0.1) is 0 Å². The van der Waals surface area contributed by atoms with Crippen LogP contribution in [0.4, 0.5) is 11.4 Å². The zero-order valence-corrected chi connectivity index (χ0v) is 19.5. The van der Waals surface area contributed by atoms with E-state index in [1.165, 1.54) is 33.4 Å². The molecule has 0 spiro atoms. The Balaban J connectivity index is 1.44. The standard InChI is InChI=1S/C32H31N/c1-32(2)29-15-9-8-14-26(29)28-20-27(24-12-6-7-13-24)31(21-30(28)32)33-25-18-16-23(17-19-25)22-10-4-3-5-11-22/h3-5,8-11,14-21,24,33H,6-7,12-13H2,1-2H3/i24D. The van der Waals surface area contributed by atoms with Crippen LogP contribution in [-0.4, -0.2) is 0 Å². The summed E-state index contributed by atoms with van der Waals surface area (Å²) in [7, 11) is 0. The number of anilines is 2. The molecule has 33 heavy (non-hydrogen) atoms. The van der Waals surface area contributed by atoms with Gasteiger partial charge in [-0.3, -0.25) is 0 Å². The average Bonchev–Trinajstić information content (AvgIpc) is 3.40. The van der Waals surface area contributed by atoms with E-state index >= 15 is 0 Å². The molecule has 0 unspecified atom stereocenters. The van der Waals surface area contributed by atoms with Crippen molar-refractivity contribution >= 4 is 11.4 Å². The Labute approximate surface area is 198 Å². The van der Waals surface area contributed by atoms with Crippen LogP contribution < -0.4 is 5.32 Å². The molecular formula is C32H31N. The first-order valence-corrected chi connectivity index (χ1v) is 12.2. The van der Waals surface area contributed by atoms with Crippen molar-refractivity contribution in [1.29, 1.82) is 0 Å². The maximum Gasteiger partial charge on any atom is 0.0423 e. The van der Waals surface area contributed by atoms with Crippen LogP contribution in [0.3, 0.4) is 0 Å². The summed E-state index contributed by atoms with van der Waals surface area (Å²) in [5.74, 6) is -0.525. The number of hydrogen-bond donors (Lipinski definition) is 1. The molecule has 4 aromatic rings. The van der Waals surface area contributed by atoms with E-state index in [1.807, 2.05) is 6.07 Å². The normalized spacial score (nSPS) is 17.8. The van der Waals surface area contributed by atoms with Crippen molar-refractivity contribution in [3.8, 4) is 22.3 Å². The molecule has 0 radical (unpaired) electrons. The van der Waals surface area contributed by atoms with Gasteiger partial charge >= 0.3 is 0 Å². The Morgan fingerprint density at radius 3 is 2.15 bits per heavy atom. The molecule has 1 heteroatoms. The molecule has 2 aliphatic carbocycles. The molecule has 164 valence electrons. The van der Waals surface area contributed by atoms with Gasteiger partial charge in [-0.25, -0.2) is 0 Å². The van der Waals surface area contributed by atoms with Crippen molar-refractivity contribution in [2.75, 3.05) is 5.32 Å². The van der Waals surface area contributed by atoms with E-state index in [9.17, 15) is 1.37 Å². The maximum atomic E-state index is 9.38. The molecule has 2 aliphatic rings. The van der Waals surface area contributed by atoms with Gasteiger partial charge in [0.15, 0.2) is 0 Å². The Hall–Kier alpha value is -3.32. The lowest BCUT2D eigenvalue weighted by Crippen LogP contribution is -2.15. The van der Waals surface area contributed by atoms with E-state index in [1.54, 1.807) is 0 Å². The van der Waals surface area contributed by atoms with Crippen molar-refractivity contribution < 1.29 is 1.37 Å². The van der Waals surface area contributed by atoms with Gasteiger partial charge in [0.2, 0.25) is 0 Å². The van der Waals surface area contributed by atoms with E-state index in [-0.39, 0.29) is 5.41 Å². The van der Waals surface area contributed by atoms with Crippen LogP contribution in [0.5, 0.6) is 0 Å². The Morgan fingerprint density at radius 1 is 0.727 bits per heavy atom. The molecule has 1 nitrogen and oxygen atoms in total. The third kappa shape index (κ3) is 3.47. The highest BCUT2D eigenvalue weighted by Gasteiger charge is 2.36. The number of benzene rings is 4. The van der Waals surface area contributed by atoms with Crippen LogP contribution in [0.2, 0.25) is 0 Å². The van der Waals surface area contributed by atoms with Gasteiger partial charge in [-0.1, -0.05) is 93.4 Å². The zero-order chi connectivity index (χ0) is 23.3. The fraction of sp³-hybridized carbons (Fsp3) is 0.250. The van der Waals surface area contributed by atoms with Crippen molar-refractivity contribution in [2.24, 2.45) is 0 Å². The first-order chi connectivity index (χ1) is 16.5. The number of nitrogens with one attached hydrogen (secondary N) is 1. The summed E-state index contributed by atoms with van der Waals surface area (Å²) in [5.41, 5.74) is 11.0. The van der Waals surface area contributed by atoms with Gasteiger partial charge in [0.1, 0.15) is 0 Å². The molecule has 4 aromatic carbocycles. The minimum atomic E-state index is -0.525. The molecule has 0 heterocycles. The molecule has 0 aromatic heterocycles. The van der Waals surface area contributed by atoms with Crippen LogP contribution >= 0.6 is 0 Å². The predicted octanol–water partition coefficient (Wildman–Crippen LogP) is 9.06. The molecule has 0 bridgehead atoms. The summed E-state index contributed by atoms with van der Waals surface area (Å²) >= 11 is 0. The molecule has 1 fully saturated rings. The van der Waals surface area contributed by atoms with E-state index in [0.717, 1.165) is 42.6 Å². The Kier molecular flexibility index (Phi) is 4.60. The second-order valence-electron chi connectivity index (χ2n) is 9.99. The van der Waals surface area contributed by atoms with Gasteiger partial charge < -0.3 is 5.32 Å². The van der Waals surface area contributed by atoms with Gasteiger partial charge in [0, 0.05) is 18.2 Å². The van der Waals surface area contributed by atoms with Gasteiger partial charge in [-0.05, 0) is 81.9 Å². The summed E-state index contributed by atoms with van der Waals surface area (Å²) in [4.78, 5) is 0. The fourth-order valence-electron chi connectivity index (χ4n) is 5.75. The lowest BCUT2D eigenvalue weighted by Gasteiger charge is -2.24. The minimum absolute atomic E-state index is 0.0527. The highest BCUT2D eigenvalue weighted by atomic mass is 14.9. The quantitative estimate of drug-likeness (QED) is 0.340. The van der Waals surface area contributed by atoms with Crippen LogP contribution in [0.15, 0.2) is 91.0 Å². The van der Waals surface area contributed by atoms with Crippen molar-refractivity contribution in [2.45, 2.75) is 50.8 Å². The number of hydrogen-bond acceptors (Lipinski definition) is 1. The van der Waals surface area contributed by atoms with E-state index in [2.05, 4.69) is 104 Å². The maximum absolute atomic E-state index is 9.38. The predicted molar refractivity (Wildman–Crippen MR) is 140 cm³/mol. The lowest BCUT2D eigenvalue weighted by molar-refractivity contribution is 0.659. The highest BCUT2D eigenvalue weighted by Crippen LogP contribution is 2.52. The molecule has 0 aliphatic heterocycles. The third-order valence-electron chi connectivity index (χ3n) is 7.58. The summed E-state index contributed by atoms with van der Waals surface area (Å²) < 4.78 is 9.38. The SMILES string of the molecule is [2H]C1(c2cc3c(cc2Nc2ccc(-c4ccccc4)cc2)C(C)(C)c2ccccc2-3)CCCC1. The van der Waals surface area contributed by atoms with Crippen molar-refractivity contribution in [3.05, 3.63) is 108 Å². The molecule has 1 saturated carbocycles. The van der Waals surface area contributed by atoms with Crippen LogP contribution in [0.25, 0.3) is 22.3 Å². The molecule has 0 saturated heterocycles. The van der Waals surface area contributed by atoms with Gasteiger partial charge in [-0.2, -0.15) is 0 Å². The molecular weight excluding hydrogens is 398 g/mol. The summed E-state index contributed by atoms with van der Waals surface area (Å²) in [6.07, 6.45) is 4.12. The summed E-state index contributed by atoms with van der Waals surface area (Å²) in [6, 6.07) is 32.6. The third-order valence-corrected chi connectivity index (χ3v) is 7.58. The monoisotopic (exact) mass is 430 g/mol.